The molecule has 0 amide bonds. The van der Waals surface area contributed by atoms with E-state index in [1.807, 2.05) is 0 Å². The van der Waals surface area contributed by atoms with Gasteiger partial charge in [0.05, 0.1) is 0 Å². The van der Waals surface area contributed by atoms with Crippen LogP contribution in [0, 0.1) is 11.8 Å². The van der Waals surface area contributed by atoms with Crippen molar-refractivity contribution in [2.75, 3.05) is 0 Å². The standard InChI is InChI=1S/C10H18/c1-3-6-10-8-5-4-7-9(10)2/h3,9-10H,1,4-8H2,2H3. The van der Waals surface area contributed by atoms with Crippen molar-refractivity contribution < 1.29 is 0 Å². The molecule has 0 spiro atoms. The fourth-order valence-electron chi connectivity index (χ4n) is 1.96. The molecule has 1 saturated carbocycles. The normalized spacial score (nSPS) is 33.7. The fraction of sp³-hybridized carbons (Fsp3) is 0.800. The van der Waals surface area contributed by atoms with E-state index in [0.29, 0.717) is 0 Å². The lowest BCUT2D eigenvalue weighted by Crippen LogP contribution is -2.15. The second kappa shape index (κ2) is 3.80. The third-order valence-electron chi connectivity index (χ3n) is 2.76. The molecule has 1 aliphatic rings. The summed E-state index contributed by atoms with van der Waals surface area (Å²) in [6, 6.07) is 0. The van der Waals surface area contributed by atoms with Crippen molar-refractivity contribution >= 4 is 0 Å². The molecular formula is C10H18. The Morgan fingerprint density at radius 3 is 2.70 bits per heavy atom. The van der Waals surface area contributed by atoms with Crippen LogP contribution in [0.3, 0.4) is 0 Å². The van der Waals surface area contributed by atoms with E-state index in [9.17, 15) is 0 Å². The zero-order chi connectivity index (χ0) is 7.40. The summed E-state index contributed by atoms with van der Waals surface area (Å²) in [6.45, 7) is 6.17. The van der Waals surface area contributed by atoms with Crippen molar-refractivity contribution in [3.63, 3.8) is 0 Å². The van der Waals surface area contributed by atoms with Gasteiger partial charge in [-0.3, -0.25) is 0 Å². The van der Waals surface area contributed by atoms with Gasteiger partial charge >= 0.3 is 0 Å². The largest absolute Gasteiger partial charge is 0.103 e. The first-order valence-corrected chi connectivity index (χ1v) is 4.45. The van der Waals surface area contributed by atoms with E-state index < -0.39 is 0 Å². The lowest BCUT2D eigenvalue weighted by atomic mass is 9.79. The van der Waals surface area contributed by atoms with Gasteiger partial charge in [0.2, 0.25) is 0 Å². The number of hydrogen-bond donors (Lipinski definition) is 0. The van der Waals surface area contributed by atoms with Crippen molar-refractivity contribution in [1.29, 1.82) is 0 Å². The highest BCUT2D eigenvalue weighted by Crippen LogP contribution is 2.31. The van der Waals surface area contributed by atoms with Crippen molar-refractivity contribution in [2.24, 2.45) is 11.8 Å². The summed E-state index contributed by atoms with van der Waals surface area (Å²) in [6.07, 6.45) is 9.09. The maximum absolute atomic E-state index is 3.79. The zero-order valence-corrected chi connectivity index (χ0v) is 6.97. The van der Waals surface area contributed by atoms with Gasteiger partial charge in [-0.15, -0.1) is 6.58 Å². The van der Waals surface area contributed by atoms with Gasteiger partial charge in [0, 0.05) is 0 Å². The monoisotopic (exact) mass is 138 g/mol. The van der Waals surface area contributed by atoms with E-state index in [2.05, 4.69) is 19.6 Å². The van der Waals surface area contributed by atoms with E-state index in [1.54, 1.807) is 0 Å². The molecule has 0 aromatic rings. The van der Waals surface area contributed by atoms with E-state index in [-0.39, 0.29) is 0 Å². The van der Waals surface area contributed by atoms with Crippen LogP contribution in [-0.2, 0) is 0 Å². The van der Waals surface area contributed by atoms with Gasteiger partial charge in [0.1, 0.15) is 0 Å². The minimum absolute atomic E-state index is 0.950. The summed E-state index contributed by atoms with van der Waals surface area (Å²) in [7, 11) is 0. The van der Waals surface area contributed by atoms with Gasteiger partial charge < -0.3 is 0 Å². The van der Waals surface area contributed by atoms with Crippen LogP contribution >= 0.6 is 0 Å². The third-order valence-corrected chi connectivity index (χ3v) is 2.76. The molecule has 1 aliphatic carbocycles. The van der Waals surface area contributed by atoms with Crippen LogP contribution < -0.4 is 0 Å². The lowest BCUT2D eigenvalue weighted by Gasteiger charge is -2.27. The van der Waals surface area contributed by atoms with Crippen LogP contribution in [-0.4, -0.2) is 0 Å². The van der Waals surface area contributed by atoms with Crippen molar-refractivity contribution in [3.05, 3.63) is 12.7 Å². The van der Waals surface area contributed by atoms with Crippen LogP contribution in [0.1, 0.15) is 39.0 Å². The molecule has 10 heavy (non-hydrogen) atoms. The van der Waals surface area contributed by atoms with Gasteiger partial charge in [0.25, 0.3) is 0 Å². The highest BCUT2D eigenvalue weighted by Gasteiger charge is 2.19. The maximum Gasteiger partial charge on any atom is -0.0322 e. The van der Waals surface area contributed by atoms with Crippen molar-refractivity contribution in [3.8, 4) is 0 Å². The molecule has 0 bridgehead atoms. The molecule has 0 radical (unpaired) electrons. The molecule has 0 N–H and O–H groups in total. The van der Waals surface area contributed by atoms with E-state index in [4.69, 9.17) is 0 Å². The van der Waals surface area contributed by atoms with Gasteiger partial charge in [0.15, 0.2) is 0 Å². The molecule has 2 atom stereocenters. The average Bonchev–Trinajstić information content (AvgIpc) is 1.94. The molecule has 0 heterocycles. The average molecular weight is 138 g/mol. The highest BCUT2D eigenvalue weighted by atomic mass is 14.2. The molecule has 0 heteroatoms. The summed E-state index contributed by atoms with van der Waals surface area (Å²) >= 11 is 0. The Kier molecular flexibility index (Phi) is 2.98. The third kappa shape index (κ3) is 1.86. The van der Waals surface area contributed by atoms with Crippen LogP contribution in [0.25, 0.3) is 0 Å². The molecule has 1 fully saturated rings. The highest BCUT2D eigenvalue weighted by molar-refractivity contribution is 4.79. The fourth-order valence-corrected chi connectivity index (χ4v) is 1.96. The molecule has 1 rings (SSSR count). The van der Waals surface area contributed by atoms with E-state index in [1.165, 1.54) is 32.1 Å². The summed E-state index contributed by atoms with van der Waals surface area (Å²) in [5.41, 5.74) is 0. The van der Waals surface area contributed by atoms with E-state index in [0.717, 1.165) is 11.8 Å². The van der Waals surface area contributed by atoms with Crippen LogP contribution in [0.15, 0.2) is 12.7 Å². The van der Waals surface area contributed by atoms with Crippen LogP contribution in [0.2, 0.25) is 0 Å². The number of rotatable bonds is 2. The maximum atomic E-state index is 3.79. The Morgan fingerprint density at radius 1 is 1.40 bits per heavy atom. The van der Waals surface area contributed by atoms with Gasteiger partial charge in [-0.05, 0) is 24.7 Å². The summed E-state index contributed by atoms with van der Waals surface area (Å²) < 4.78 is 0. The second-order valence-electron chi connectivity index (χ2n) is 3.55. The molecule has 58 valence electrons. The molecule has 0 aliphatic heterocycles. The van der Waals surface area contributed by atoms with Crippen molar-refractivity contribution in [1.82, 2.24) is 0 Å². The van der Waals surface area contributed by atoms with Gasteiger partial charge in [-0.25, -0.2) is 0 Å². The Bertz CT molecular complexity index is 105. The zero-order valence-electron chi connectivity index (χ0n) is 6.97. The first-order chi connectivity index (χ1) is 4.84. The molecular weight excluding hydrogens is 120 g/mol. The number of allylic oxidation sites excluding steroid dienone is 1. The minimum Gasteiger partial charge on any atom is -0.103 e. The Balaban J connectivity index is 2.32. The number of hydrogen-bond acceptors (Lipinski definition) is 0. The van der Waals surface area contributed by atoms with Gasteiger partial charge in [-0.1, -0.05) is 32.3 Å². The Morgan fingerprint density at radius 2 is 2.10 bits per heavy atom. The molecule has 2 unspecified atom stereocenters. The SMILES string of the molecule is C=CCC1CCCCC1C. The lowest BCUT2D eigenvalue weighted by molar-refractivity contribution is 0.258. The van der Waals surface area contributed by atoms with Crippen LogP contribution in [0.4, 0.5) is 0 Å². The summed E-state index contributed by atoms with van der Waals surface area (Å²) in [5.74, 6) is 1.90. The smallest absolute Gasteiger partial charge is 0.0322 e. The van der Waals surface area contributed by atoms with Crippen molar-refractivity contribution in [2.45, 2.75) is 39.0 Å². The molecule has 0 nitrogen and oxygen atoms in total. The predicted molar refractivity (Wildman–Crippen MR) is 45.9 cm³/mol. The summed E-state index contributed by atoms with van der Waals surface area (Å²) in [5, 5.41) is 0. The first kappa shape index (κ1) is 7.84. The van der Waals surface area contributed by atoms with Crippen LogP contribution in [0.5, 0.6) is 0 Å². The summed E-state index contributed by atoms with van der Waals surface area (Å²) in [4.78, 5) is 0. The second-order valence-corrected chi connectivity index (χ2v) is 3.55. The Hall–Kier alpha value is -0.260. The molecule has 0 saturated heterocycles. The quantitative estimate of drug-likeness (QED) is 0.513. The first-order valence-electron chi connectivity index (χ1n) is 4.45. The topological polar surface area (TPSA) is 0 Å². The molecule has 0 aromatic carbocycles. The predicted octanol–water partition coefficient (Wildman–Crippen LogP) is 3.39. The van der Waals surface area contributed by atoms with Gasteiger partial charge in [-0.2, -0.15) is 0 Å². The van der Waals surface area contributed by atoms with E-state index >= 15 is 0 Å². The molecule has 0 aromatic heterocycles. The Labute approximate surface area is 64.3 Å². The minimum atomic E-state index is 0.950.